The summed E-state index contributed by atoms with van der Waals surface area (Å²) in [6.45, 7) is 2.23. The van der Waals surface area contributed by atoms with Gasteiger partial charge in [0.2, 0.25) is 0 Å². The highest BCUT2D eigenvalue weighted by Gasteiger charge is 2.06. The Morgan fingerprint density at radius 2 is 1.94 bits per heavy atom. The van der Waals surface area contributed by atoms with Gasteiger partial charge in [-0.05, 0) is 24.6 Å². The molecular weight excluding hydrogens is 214 g/mol. The van der Waals surface area contributed by atoms with E-state index in [0.717, 1.165) is 17.0 Å². The Hall–Kier alpha value is -2.03. The number of carbonyl (C=O) groups excluding carboxylic acids is 1. The maximum atomic E-state index is 11.3. The van der Waals surface area contributed by atoms with Crippen LogP contribution < -0.4 is 0 Å². The standard InChI is InChI=1S/C14H15NO2/c1-2-17-14(16)10-12-8-9-13(15-12)11-6-4-3-5-7-11/h3-9,15H,2,10H2,1H3. The van der Waals surface area contributed by atoms with Crippen molar-refractivity contribution in [1.29, 1.82) is 0 Å². The molecule has 0 saturated heterocycles. The molecular formula is C14H15NO2. The van der Waals surface area contributed by atoms with Crippen LogP contribution in [0, 0.1) is 0 Å². The summed E-state index contributed by atoms with van der Waals surface area (Å²) >= 11 is 0. The van der Waals surface area contributed by atoms with E-state index in [2.05, 4.69) is 4.98 Å². The molecule has 88 valence electrons. The fraction of sp³-hybridized carbons (Fsp3) is 0.214. The lowest BCUT2D eigenvalue weighted by Gasteiger charge is -2.00. The number of ether oxygens (including phenoxy) is 1. The summed E-state index contributed by atoms with van der Waals surface area (Å²) in [4.78, 5) is 14.5. The molecule has 0 aliphatic carbocycles. The molecule has 0 bridgehead atoms. The van der Waals surface area contributed by atoms with Gasteiger partial charge in [-0.3, -0.25) is 4.79 Å². The first-order valence-corrected chi connectivity index (χ1v) is 5.68. The Morgan fingerprint density at radius 1 is 1.18 bits per heavy atom. The predicted octanol–water partition coefficient (Wildman–Crippen LogP) is 2.79. The Bertz CT molecular complexity index is 488. The van der Waals surface area contributed by atoms with Gasteiger partial charge in [0.15, 0.2) is 0 Å². The molecule has 0 unspecified atom stereocenters. The van der Waals surface area contributed by atoms with Crippen molar-refractivity contribution in [3.8, 4) is 11.3 Å². The lowest BCUT2D eigenvalue weighted by Crippen LogP contribution is -2.07. The monoisotopic (exact) mass is 229 g/mol. The molecule has 1 aromatic heterocycles. The number of nitrogens with one attached hydrogen (secondary N) is 1. The van der Waals surface area contributed by atoms with Gasteiger partial charge in [-0.15, -0.1) is 0 Å². The Morgan fingerprint density at radius 3 is 2.65 bits per heavy atom. The highest BCUT2D eigenvalue weighted by Crippen LogP contribution is 2.18. The summed E-state index contributed by atoms with van der Waals surface area (Å²) in [5, 5.41) is 0. The zero-order chi connectivity index (χ0) is 12.1. The third-order valence-electron chi connectivity index (χ3n) is 2.47. The second-order valence-corrected chi connectivity index (χ2v) is 3.75. The summed E-state index contributed by atoms with van der Waals surface area (Å²) in [5.41, 5.74) is 3.01. The molecule has 1 N–H and O–H groups in total. The Balaban J connectivity index is 2.09. The first kappa shape index (κ1) is 11.5. The Kier molecular flexibility index (Phi) is 3.60. The van der Waals surface area contributed by atoms with Gasteiger partial charge < -0.3 is 9.72 Å². The SMILES string of the molecule is CCOC(=O)Cc1ccc(-c2ccccc2)[nH]1. The van der Waals surface area contributed by atoms with Crippen molar-refractivity contribution in [2.24, 2.45) is 0 Å². The zero-order valence-electron chi connectivity index (χ0n) is 9.77. The van der Waals surface area contributed by atoms with Crippen molar-refractivity contribution in [2.75, 3.05) is 6.61 Å². The third-order valence-corrected chi connectivity index (χ3v) is 2.47. The molecule has 17 heavy (non-hydrogen) atoms. The van der Waals surface area contributed by atoms with Gasteiger partial charge in [0.1, 0.15) is 0 Å². The topological polar surface area (TPSA) is 42.1 Å². The second-order valence-electron chi connectivity index (χ2n) is 3.75. The van der Waals surface area contributed by atoms with Crippen LogP contribution in [-0.2, 0) is 16.0 Å². The number of hydrogen-bond donors (Lipinski definition) is 1. The molecule has 1 aromatic carbocycles. The summed E-state index contributed by atoms with van der Waals surface area (Å²) in [7, 11) is 0. The van der Waals surface area contributed by atoms with E-state index in [9.17, 15) is 4.79 Å². The number of benzene rings is 1. The van der Waals surface area contributed by atoms with E-state index < -0.39 is 0 Å². The third kappa shape index (κ3) is 2.97. The van der Waals surface area contributed by atoms with Crippen molar-refractivity contribution >= 4 is 5.97 Å². The quantitative estimate of drug-likeness (QED) is 0.819. The van der Waals surface area contributed by atoms with E-state index in [1.165, 1.54) is 0 Å². The van der Waals surface area contributed by atoms with Gasteiger partial charge >= 0.3 is 5.97 Å². The highest BCUT2D eigenvalue weighted by molar-refractivity contribution is 5.72. The molecule has 3 heteroatoms. The molecule has 0 fully saturated rings. The van der Waals surface area contributed by atoms with E-state index in [4.69, 9.17) is 4.74 Å². The maximum Gasteiger partial charge on any atom is 0.311 e. The van der Waals surface area contributed by atoms with Gasteiger partial charge in [-0.2, -0.15) is 0 Å². The molecule has 2 aromatic rings. The smallest absolute Gasteiger partial charge is 0.311 e. The van der Waals surface area contributed by atoms with Crippen molar-refractivity contribution < 1.29 is 9.53 Å². The lowest BCUT2D eigenvalue weighted by atomic mass is 10.2. The summed E-state index contributed by atoms with van der Waals surface area (Å²) in [6.07, 6.45) is 0.292. The molecule has 0 aliphatic heterocycles. The number of aromatic amines is 1. The normalized spacial score (nSPS) is 10.2. The number of aromatic nitrogens is 1. The van der Waals surface area contributed by atoms with Crippen LogP contribution in [0.3, 0.4) is 0 Å². The van der Waals surface area contributed by atoms with Gasteiger partial charge in [-0.25, -0.2) is 0 Å². The summed E-state index contributed by atoms with van der Waals surface area (Å²) in [6, 6.07) is 13.9. The van der Waals surface area contributed by atoms with Crippen LogP contribution in [0.5, 0.6) is 0 Å². The van der Waals surface area contributed by atoms with Crippen LogP contribution in [0.1, 0.15) is 12.6 Å². The van der Waals surface area contributed by atoms with E-state index in [0.29, 0.717) is 13.0 Å². The average Bonchev–Trinajstić information content (AvgIpc) is 2.79. The minimum atomic E-state index is -0.200. The molecule has 0 amide bonds. The average molecular weight is 229 g/mol. The van der Waals surface area contributed by atoms with Crippen LogP contribution in [-0.4, -0.2) is 17.6 Å². The van der Waals surface area contributed by atoms with Crippen molar-refractivity contribution in [3.63, 3.8) is 0 Å². The molecule has 0 spiro atoms. The number of carbonyl (C=O) groups is 1. The van der Waals surface area contributed by atoms with Crippen molar-refractivity contribution in [1.82, 2.24) is 4.98 Å². The van der Waals surface area contributed by atoms with E-state index in [-0.39, 0.29) is 5.97 Å². The van der Waals surface area contributed by atoms with Crippen LogP contribution in [0.4, 0.5) is 0 Å². The van der Waals surface area contributed by atoms with E-state index in [1.807, 2.05) is 49.4 Å². The molecule has 3 nitrogen and oxygen atoms in total. The van der Waals surface area contributed by atoms with Gasteiger partial charge in [0, 0.05) is 11.4 Å². The number of esters is 1. The van der Waals surface area contributed by atoms with Crippen LogP contribution in [0.2, 0.25) is 0 Å². The minimum absolute atomic E-state index is 0.200. The fourth-order valence-electron chi connectivity index (χ4n) is 1.70. The van der Waals surface area contributed by atoms with Gasteiger partial charge in [0.25, 0.3) is 0 Å². The van der Waals surface area contributed by atoms with Crippen LogP contribution in [0.25, 0.3) is 11.3 Å². The molecule has 1 heterocycles. The van der Waals surface area contributed by atoms with Crippen LogP contribution >= 0.6 is 0 Å². The Labute approximate surface area is 100 Å². The number of rotatable bonds is 4. The second kappa shape index (κ2) is 5.34. The largest absolute Gasteiger partial charge is 0.466 e. The van der Waals surface area contributed by atoms with Crippen molar-refractivity contribution in [2.45, 2.75) is 13.3 Å². The number of H-pyrrole nitrogens is 1. The highest BCUT2D eigenvalue weighted by atomic mass is 16.5. The summed E-state index contributed by atoms with van der Waals surface area (Å²) < 4.78 is 4.90. The first-order chi connectivity index (χ1) is 8.29. The van der Waals surface area contributed by atoms with Crippen LogP contribution in [0.15, 0.2) is 42.5 Å². The number of hydrogen-bond acceptors (Lipinski definition) is 2. The molecule has 2 rings (SSSR count). The van der Waals surface area contributed by atoms with E-state index in [1.54, 1.807) is 0 Å². The molecule has 0 saturated carbocycles. The predicted molar refractivity (Wildman–Crippen MR) is 66.6 cm³/mol. The first-order valence-electron chi connectivity index (χ1n) is 5.68. The van der Waals surface area contributed by atoms with Crippen molar-refractivity contribution in [3.05, 3.63) is 48.2 Å². The molecule has 0 aliphatic rings. The van der Waals surface area contributed by atoms with E-state index >= 15 is 0 Å². The minimum Gasteiger partial charge on any atom is -0.466 e. The molecule has 0 atom stereocenters. The fourth-order valence-corrected chi connectivity index (χ4v) is 1.70. The zero-order valence-corrected chi connectivity index (χ0v) is 9.77. The molecule has 0 radical (unpaired) electrons. The maximum absolute atomic E-state index is 11.3. The summed E-state index contributed by atoms with van der Waals surface area (Å²) in [5.74, 6) is -0.200. The van der Waals surface area contributed by atoms with Gasteiger partial charge in [-0.1, -0.05) is 30.3 Å². The van der Waals surface area contributed by atoms with Gasteiger partial charge in [0.05, 0.1) is 13.0 Å². The lowest BCUT2D eigenvalue weighted by molar-refractivity contribution is -0.142.